The fourth-order valence-corrected chi connectivity index (χ4v) is 4.55. The minimum atomic E-state index is -1.07. The Hall–Kier alpha value is -3.82. The number of aromatic nitrogens is 2. The van der Waals surface area contributed by atoms with Gasteiger partial charge in [-0.2, -0.15) is 0 Å². The van der Waals surface area contributed by atoms with Crippen LogP contribution in [0.25, 0.3) is 16.6 Å². The molecule has 0 bridgehead atoms. The molecule has 3 aromatic rings. The second-order valence-electron chi connectivity index (χ2n) is 8.66. The number of piperazine rings is 1. The maximum atomic E-state index is 14.7. The third kappa shape index (κ3) is 4.36. The number of fused-ring (bicyclic) bond motifs is 1. The first-order chi connectivity index (χ1) is 16.6. The van der Waals surface area contributed by atoms with Crippen LogP contribution in [0.4, 0.5) is 8.78 Å². The maximum absolute atomic E-state index is 14.7. The number of benzene rings is 2. The van der Waals surface area contributed by atoms with Crippen LogP contribution in [-0.4, -0.2) is 56.9 Å². The van der Waals surface area contributed by atoms with Crippen molar-refractivity contribution in [3.05, 3.63) is 74.4 Å². The highest BCUT2D eigenvalue weighted by Crippen LogP contribution is 2.22. The molecule has 2 heterocycles. The number of aryl methyl sites for hydroxylation is 1. The molecular formula is C25H26F2N4O4. The molecule has 1 unspecified atom stereocenters. The molecule has 1 saturated heterocycles. The zero-order valence-electron chi connectivity index (χ0n) is 19.8. The monoisotopic (exact) mass is 484 g/mol. The lowest BCUT2D eigenvalue weighted by Gasteiger charge is -2.36. The molecule has 1 aliphatic rings. The molecule has 0 N–H and O–H groups in total. The van der Waals surface area contributed by atoms with Crippen LogP contribution in [0.2, 0.25) is 0 Å². The van der Waals surface area contributed by atoms with Crippen LogP contribution < -0.4 is 11.2 Å². The average Bonchev–Trinajstić information content (AvgIpc) is 2.83. The zero-order valence-corrected chi connectivity index (χ0v) is 19.8. The molecule has 184 valence electrons. The van der Waals surface area contributed by atoms with Gasteiger partial charge >= 0.3 is 5.69 Å². The predicted molar refractivity (Wildman–Crippen MR) is 127 cm³/mol. The molecule has 8 nitrogen and oxygen atoms in total. The van der Waals surface area contributed by atoms with Crippen molar-refractivity contribution in [3.63, 3.8) is 0 Å². The van der Waals surface area contributed by atoms with E-state index in [0.717, 1.165) is 17.7 Å². The second-order valence-corrected chi connectivity index (χ2v) is 8.66. The van der Waals surface area contributed by atoms with Crippen molar-refractivity contribution in [1.29, 1.82) is 0 Å². The van der Waals surface area contributed by atoms with Crippen molar-refractivity contribution in [1.82, 2.24) is 18.9 Å². The van der Waals surface area contributed by atoms with Gasteiger partial charge in [0.25, 0.3) is 5.56 Å². The molecule has 35 heavy (non-hydrogen) atoms. The van der Waals surface area contributed by atoms with Crippen molar-refractivity contribution in [2.75, 3.05) is 26.2 Å². The van der Waals surface area contributed by atoms with Crippen molar-refractivity contribution in [3.8, 4) is 5.69 Å². The molecule has 2 amide bonds. The van der Waals surface area contributed by atoms with E-state index in [9.17, 15) is 28.0 Å². The Kier molecular flexibility index (Phi) is 6.56. The third-order valence-electron chi connectivity index (χ3n) is 6.41. The lowest BCUT2D eigenvalue weighted by Crippen LogP contribution is -2.53. The minimum Gasteiger partial charge on any atom is -0.339 e. The summed E-state index contributed by atoms with van der Waals surface area (Å²) in [7, 11) is 0. The Morgan fingerprint density at radius 2 is 1.63 bits per heavy atom. The number of nitrogens with zero attached hydrogens (tertiary/aromatic N) is 4. The zero-order chi connectivity index (χ0) is 25.4. The molecule has 0 radical (unpaired) electrons. The van der Waals surface area contributed by atoms with Crippen LogP contribution in [0.15, 0.2) is 46.0 Å². The summed E-state index contributed by atoms with van der Waals surface area (Å²) < 4.78 is 30.1. The third-order valence-corrected chi connectivity index (χ3v) is 6.41. The summed E-state index contributed by atoms with van der Waals surface area (Å²) >= 11 is 0. The molecule has 1 aromatic heterocycles. The van der Waals surface area contributed by atoms with Gasteiger partial charge in [0.15, 0.2) is 0 Å². The predicted octanol–water partition coefficient (Wildman–Crippen LogP) is 2.38. The van der Waals surface area contributed by atoms with E-state index in [-0.39, 0.29) is 29.1 Å². The highest BCUT2D eigenvalue weighted by molar-refractivity contribution is 5.85. The lowest BCUT2D eigenvalue weighted by atomic mass is 10.1. The van der Waals surface area contributed by atoms with Crippen molar-refractivity contribution in [2.24, 2.45) is 0 Å². The Morgan fingerprint density at radius 1 is 0.971 bits per heavy atom. The Bertz CT molecular complexity index is 1440. The molecule has 1 fully saturated rings. The standard InChI is InChI=1S/C25H26F2N4O4/c1-4-20(24(34)29-11-9-28(10-12-29)16(3)32)30-21-7-5-15(2)13-18(21)23(33)31(25(30)35)22-8-6-17(26)14-19(22)27/h5-8,13-14,20H,4,9-12H2,1-3H3. The summed E-state index contributed by atoms with van der Waals surface area (Å²) in [5.41, 5.74) is -1.04. The van der Waals surface area contributed by atoms with Crippen molar-refractivity contribution >= 4 is 22.7 Å². The maximum Gasteiger partial charge on any atom is 0.336 e. The molecule has 2 aromatic carbocycles. The smallest absolute Gasteiger partial charge is 0.336 e. The lowest BCUT2D eigenvalue weighted by molar-refractivity contribution is -0.140. The number of carbonyl (C=O) groups excluding carboxylic acids is 2. The van der Waals surface area contributed by atoms with Gasteiger partial charge in [-0.1, -0.05) is 18.6 Å². The Morgan fingerprint density at radius 3 is 2.23 bits per heavy atom. The molecule has 0 spiro atoms. The molecular weight excluding hydrogens is 458 g/mol. The highest BCUT2D eigenvalue weighted by Gasteiger charge is 2.31. The number of rotatable bonds is 4. The molecule has 1 aliphatic heterocycles. The van der Waals surface area contributed by atoms with E-state index in [4.69, 9.17) is 0 Å². The highest BCUT2D eigenvalue weighted by atomic mass is 19.1. The van der Waals surface area contributed by atoms with Gasteiger partial charge in [-0.25, -0.2) is 18.1 Å². The largest absolute Gasteiger partial charge is 0.339 e. The van der Waals surface area contributed by atoms with E-state index < -0.39 is 34.6 Å². The van der Waals surface area contributed by atoms with Crippen LogP contribution >= 0.6 is 0 Å². The van der Waals surface area contributed by atoms with E-state index in [1.807, 2.05) is 0 Å². The van der Waals surface area contributed by atoms with Crippen LogP contribution in [0, 0.1) is 18.6 Å². The molecule has 10 heteroatoms. The number of halogens is 2. The van der Waals surface area contributed by atoms with E-state index in [1.165, 1.54) is 11.5 Å². The normalized spacial score (nSPS) is 14.9. The quantitative estimate of drug-likeness (QED) is 0.569. The molecule has 0 saturated carbocycles. The van der Waals surface area contributed by atoms with Gasteiger partial charge in [0, 0.05) is 39.2 Å². The first kappa shape index (κ1) is 24.3. The second kappa shape index (κ2) is 9.44. The molecule has 1 atom stereocenters. The summed E-state index contributed by atoms with van der Waals surface area (Å²) in [4.78, 5) is 55.5. The van der Waals surface area contributed by atoms with Gasteiger partial charge in [0.05, 0.1) is 16.6 Å². The van der Waals surface area contributed by atoms with Crippen LogP contribution in [0.5, 0.6) is 0 Å². The topological polar surface area (TPSA) is 84.6 Å². The number of carbonyl (C=O) groups is 2. The number of hydrogen-bond donors (Lipinski definition) is 0. The fraction of sp³-hybridized carbons (Fsp3) is 0.360. The summed E-state index contributed by atoms with van der Waals surface area (Å²) in [6.07, 6.45) is 0.235. The summed E-state index contributed by atoms with van der Waals surface area (Å²) in [5, 5.41) is 0.140. The Labute approximate surface area is 200 Å². The van der Waals surface area contributed by atoms with E-state index in [2.05, 4.69) is 0 Å². The van der Waals surface area contributed by atoms with Crippen LogP contribution in [0.3, 0.4) is 0 Å². The van der Waals surface area contributed by atoms with Crippen LogP contribution in [-0.2, 0) is 9.59 Å². The fourth-order valence-electron chi connectivity index (χ4n) is 4.55. The Balaban J connectivity index is 1.90. The van der Waals surface area contributed by atoms with Crippen LogP contribution in [0.1, 0.15) is 31.9 Å². The summed E-state index contributed by atoms with van der Waals surface area (Å²) in [5.74, 6) is -2.32. The van der Waals surface area contributed by atoms with E-state index in [0.29, 0.717) is 36.8 Å². The molecule has 0 aliphatic carbocycles. The van der Waals surface area contributed by atoms with E-state index >= 15 is 0 Å². The van der Waals surface area contributed by atoms with Gasteiger partial charge in [-0.15, -0.1) is 0 Å². The van der Waals surface area contributed by atoms with Gasteiger partial charge in [0.2, 0.25) is 11.8 Å². The SMILES string of the molecule is CCC(C(=O)N1CCN(C(C)=O)CC1)n1c(=O)n(-c2ccc(F)cc2F)c(=O)c2cc(C)ccc21. The van der Waals surface area contributed by atoms with Gasteiger partial charge in [-0.05, 0) is 37.6 Å². The first-order valence-electron chi connectivity index (χ1n) is 11.4. The van der Waals surface area contributed by atoms with Crippen molar-refractivity contribution in [2.45, 2.75) is 33.2 Å². The van der Waals surface area contributed by atoms with Gasteiger partial charge in [-0.3, -0.25) is 19.0 Å². The van der Waals surface area contributed by atoms with E-state index in [1.54, 1.807) is 41.8 Å². The number of amides is 2. The average molecular weight is 485 g/mol. The minimum absolute atomic E-state index is 0.0740. The summed E-state index contributed by atoms with van der Waals surface area (Å²) in [6, 6.07) is 6.53. The van der Waals surface area contributed by atoms with Gasteiger partial charge in [0.1, 0.15) is 17.7 Å². The van der Waals surface area contributed by atoms with Gasteiger partial charge < -0.3 is 9.80 Å². The molecule has 4 rings (SSSR count). The van der Waals surface area contributed by atoms with Crippen molar-refractivity contribution < 1.29 is 18.4 Å². The summed E-state index contributed by atoms with van der Waals surface area (Å²) in [6.45, 7) is 6.37. The first-order valence-corrected chi connectivity index (χ1v) is 11.4. The number of hydrogen-bond acceptors (Lipinski definition) is 4.